The predicted molar refractivity (Wildman–Crippen MR) is 115 cm³/mol. The molecule has 1 heterocycles. The van der Waals surface area contributed by atoms with E-state index < -0.39 is 0 Å². The number of rotatable bonds is 1. The van der Waals surface area contributed by atoms with Gasteiger partial charge < -0.3 is 4.90 Å². The highest BCUT2D eigenvalue weighted by molar-refractivity contribution is 5.90. The van der Waals surface area contributed by atoms with E-state index in [1.54, 1.807) is 0 Å². The van der Waals surface area contributed by atoms with Crippen LogP contribution in [0.5, 0.6) is 0 Å². The fourth-order valence-electron chi connectivity index (χ4n) is 4.49. The first-order valence-corrected chi connectivity index (χ1v) is 10.2. The van der Waals surface area contributed by atoms with Crippen LogP contribution in [-0.4, -0.2) is 0 Å². The Hall–Kier alpha value is -2.80. The third kappa shape index (κ3) is 2.70. The lowest BCUT2D eigenvalue weighted by molar-refractivity contribution is 0.959. The van der Waals surface area contributed by atoms with Crippen molar-refractivity contribution in [3.05, 3.63) is 101 Å². The number of hydrogen-bond acceptors (Lipinski definition) is 1. The summed E-state index contributed by atoms with van der Waals surface area (Å²) < 4.78 is 0. The van der Waals surface area contributed by atoms with Gasteiger partial charge in [-0.3, -0.25) is 0 Å². The summed E-state index contributed by atoms with van der Waals surface area (Å²) in [6.07, 6.45) is 12.2. The van der Waals surface area contributed by atoms with Crippen molar-refractivity contribution < 1.29 is 0 Å². The van der Waals surface area contributed by atoms with E-state index in [1.165, 1.54) is 45.8 Å². The maximum Gasteiger partial charge on any atom is 0.0533 e. The quantitative estimate of drug-likeness (QED) is 0.532. The zero-order valence-corrected chi connectivity index (χ0v) is 16.0. The summed E-state index contributed by atoms with van der Waals surface area (Å²) in [6, 6.07) is 19.6. The van der Waals surface area contributed by atoms with Gasteiger partial charge in [-0.15, -0.1) is 0 Å². The van der Waals surface area contributed by atoms with E-state index >= 15 is 0 Å². The van der Waals surface area contributed by atoms with Gasteiger partial charge in [0.2, 0.25) is 0 Å². The van der Waals surface area contributed by atoms with Crippen molar-refractivity contribution in [2.45, 2.75) is 26.7 Å². The lowest BCUT2D eigenvalue weighted by atomic mass is 9.92. The van der Waals surface area contributed by atoms with Crippen molar-refractivity contribution in [3.63, 3.8) is 0 Å². The number of para-hydroxylation sites is 2. The SMILES string of the molecule is C1=C2C=C3CC(=CC2=CC2CC12)N(c1ccccc1)c1ccccc13.CC. The molecule has 0 N–H and O–H groups in total. The van der Waals surface area contributed by atoms with Crippen LogP contribution in [0.25, 0.3) is 5.57 Å². The minimum absolute atomic E-state index is 0.777. The topological polar surface area (TPSA) is 3.24 Å². The van der Waals surface area contributed by atoms with E-state index in [4.69, 9.17) is 0 Å². The zero-order valence-electron chi connectivity index (χ0n) is 16.0. The summed E-state index contributed by atoms with van der Waals surface area (Å²) in [6.45, 7) is 4.00. The maximum atomic E-state index is 2.50. The molecule has 0 saturated heterocycles. The van der Waals surface area contributed by atoms with Gasteiger partial charge in [-0.2, -0.15) is 0 Å². The Morgan fingerprint density at radius 2 is 1.44 bits per heavy atom. The Labute approximate surface area is 162 Å². The molecule has 3 aliphatic carbocycles. The van der Waals surface area contributed by atoms with Gasteiger partial charge >= 0.3 is 0 Å². The molecule has 0 amide bonds. The van der Waals surface area contributed by atoms with Gasteiger partial charge in [0.15, 0.2) is 0 Å². The summed E-state index contributed by atoms with van der Waals surface area (Å²) in [5.74, 6) is 1.56. The third-order valence-electron chi connectivity index (χ3n) is 5.83. The van der Waals surface area contributed by atoms with Crippen molar-refractivity contribution in [2.24, 2.45) is 11.8 Å². The molecule has 1 aliphatic heterocycles. The van der Waals surface area contributed by atoms with Crippen LogP contribution in [0.4, 0.5) is 11.4 Å². The highest BCUT2D eigenvalue weighted by atomic mass is 15.2. The first-order valence-electron chi connectivity index (χ1n) is 10.2. The van der Waals surface area contributed by atoms with Crippen LogP contribution in [0.2, 0.25) is 0 Å². The summed E-state index contributed by atoms with van der Waals surface area (Å²) >= 11 is 0. The Morgan fingerprint density at radius 1 is 0.778 bits per heavy atom. The molecule has 2 bridgehead atoms. The van der Waals surface area contributed by atoms with E-state index in [-0.39, 0.29) is 0 Å². The van der Waals surface area contributed by atoms with Crippen molar-refractivity contribution >= 4 is 16.9 Å². The second kappa shape index (κ2) is 6.42. The van der Waals surface area contributed by atoms with Gasteiger partial charge in [0.25, 0.3) is 0 Å². The number of anilines is 2. The fraction of sp³-hybridized carbons (Fsp3) is 0.231. The van der Waals surface area contributed by atoms with Gasteiger partial charge in [0.05, 0.1) is 5.69 Å². The largest absolute Gasteiger partial charge is 0.313 e. The molecule has 1 nitrogen and oxygen atoms in total. The minimum atomic E-state index is 0.777. The molecular formula is C26H25N. The Kier molecular flexibility index (Phi) is 3.89. The lowest BCUT2D eigenvalue weighted by Gasteiger charge is -2.34. The van der Waals surface area contributed by atoms with Crippen molar-refractivity contribution in [3.8, 4) is 0 Å². The average Bonchev–Trinajstić information content (AvgIpc) is 3.50. The standard InChI is InChI=1S/C24H19N.C2H6/c1-2-6-21(7-3-1)25-22-14-19-12-17-10-16(17)11-18(19)13-20(15-22)23-8-4-5-9-24(23)25;1-2/h1-9,11-14,16-17H,10,15H2;1-2H3. The molecule has 0 radical (unpaired) electrons. The predicted octanol–water partition coefficient (Wildman–Crippen LogP) is 7.04. The number of hydrogen-bond donors (Lipinski definition) is 0. The highest BCUT2D eigenvalue weighted by Gasteiger charge is 2.38. The maximum absolute atomic E-state index is 2.50. The van der Waals surface area contributed by atoms with E-state index in [0.717, 1.165) is 18.3 Å². The average molecular weight is 351 g/mol. The molecule has 6 rings (SSSR count). The monoisotopic (exact) mass is 351 g/mol. The summed E-state index contributed by atoms with van der Waals surface area (Å²) in [7, 11) is 0. The smallest absolute Gasteiger partial charge is 0.0533 e. The number of nitrogens with zero attached hydrogens (tertiary/aromatic N) is 1. The molecule has 134 valence electrons. The van der Waals surface area contributed by atoms with Gasteiger partial charge in [-0.05, 0) is 59.3 Å². The number of allylic oxidation sites excluding steroid dienone is 7. The van der Waals surface area contributed by atoms with Gasteiger partial charge in [0, 0.05) is 23.4 Å². The van der Waals surface area contributed by atoms with Crippen LogP contribution in [0.1, 0.15) is 32.3 Å². The van der Waals surface area contributed by atoms with Crippen LogP contribution in [0.15, 0.2) is 95.7 Å². The molecule has 1 fully saturated rings. The summed E-state index contributed by atoms with van der Waals surface area (Å²) in [5, 5.41) is 0. The fourth-order valence-corrected chi connectivity index (χ4v) is 4.49. The molecule has 0 aromatic heterocycles. The van der Waals surface area contributed by atoms with Crippen LogP contribution in [-0.2, 0) is 0 Å². The molecule has 4 aliphatic rings. The molecule has 1 heteroatoms. The van der Waals surface area contributed by atoms with Crippen molar-refractivity contribution in [1.82, 2.24) is 0 Å². The lowest BCUT2D eigenvalue weighted by Crippen LogP contribution is -2.21. The molecule has 2 aromatic rings. The van der Waals surface area contributed by atoms with E-state index in [0.29, 0.717) is 0 Å². The summed E-state index contributed by atoms with van der Waals surface area (Å²) in [5.41, 5.74) is 9.57. The van der Waals surface area contributed by atoms with Gasteiger partial charge in [-0.25, -0.2) is 0 Å². The Morgan fingerprint density at radius 3 is 2.22 bits per heavy atom. The first-order chi connectivity index (χ1) is 13.4. The number of fused-ring (bicyclic) bond motifs is 6. The molecule has 2 aromatic carbocycles. The minimum Gasteiger partial charge on any atom is -0.313 e. The number of benzene rings is 2. The van der Waals surface area contributed by atoms with Crippen molar-refractivity contribution in [2.75, 3.05) is 4.90 Å². The molecule has 2 unspecified atom stereocenters. The van der Waals surface area contributed by atoms with E-state index in [1.807, 2.05) is 13.8 Å². The summed E-state index contributed by atoms with van der Waals surface area (Å²) in [4.78, 5) is 2.44. The van der Waals surface area contributed by atoms with E-state index in [9.17, 15) is 0 Å². The van der Waals surface area contributed by atoms with E-state index in [2.05, 4.69) is 83.8 Å². The van der Waals surface area contributed by atoms with Gasteiger partial charge in [0.1, 0.15) is 0 Å². The first kappa shape index (κ1) is 16.4. The molecular weight excluding hydrogens is 326 g/mol. The third-order valence-corrected chi connectivity index (χ3v) is 5.83. The van der Waals surface area contributed by atoms with Crippen LogP contribution < -0.4 is 4.90 Å². The molecule has 1 saturated carbocycles. The van der Waals surface area contributed by atoms with Gasteiger partial charge in [-0.1, -0.05) is 68.5 Å². The molecule has 27 heavy (non-hydrogen) atoms. The Balaban J connectivity index is 0.000000777. The second-order valence-corrected chi connectivity index (χ2v) is 7.48. The molecule has 0 spiro atoms. The van der Waals surface area contributed by atoms with Crippen molar-refractivity contribution in [1.29, 1.82) is 0 Å². The second-order valence-electron chi connectivity index (χ2n) is 7.48. The zero-order chi connectivity index (χ0) is 18.4. The van der Waals surface area contributed by atoms with Crippen LogP contribution in [0.3, 0.4) is 0 Å². The highest BCUT2D eigenvalue weighted by Crippen LogP contribution is 2.51. The molecule has 2 atom stereocenters. The normalized spacial score (nSPS) is 23.7. The van der Waals surface area contributed by atoms with Crippen LogP contribution in [0, 0.1) is 11.8 Å². The Bertz CT molecular complexity index is 1000. The van der Waals surface area contributed by atoms with Crippen LogP contribution >= 0.6 is 0 Å².